The van der Waals surface area contributed by atoms with Crippen LogP contribution >= 0.6 is 23.2 Å². The van der Waals surface area contributed by atoms with Crippen molar-refractivity contribution in [1.29, 1.82) is 0 Å². The van der Waals surface area contributed by atoms with Crippen molar-refractivity contribution in [2.75, 3.05) is 23.7 Å². The molecule has 0 spiro atoms. The van der Waals surface area contributed by atoms with Crippen molar-refractivity contribution in [1.82, 2.24) is 10.2 Å². The minimum absolute atomic E-state index is 0.0286. The minimum atomic E-state index is -3.64. The molecular formula is C30H35Cl2N3O4S. The largest absolute Gasteiger partial charge is 0.355 e. The van der Waals surface area contributed by atoms with Gasteiger partial charge >= 0.3 is 0 Å². The SMILES string of the molecule is CCNC(=O)[C@@H](Cc1ccccc1)N(Cc1ccccc1Cl)C(=O)CCCN(c1cc(Cl)ccc1C)S(C)(=O)=O. The predicted molar refractivity (Wildman–Crippen MR) is 162 cm³/mol. The molecule has 40 heavy (non-hydrogen) atoms. The smallest absolute Gasteiger partial charge is 0.243 e. The number of halogens is 2. The lowest BCUT2D eigenvalue weighted by Crippen LogP contribution is -2.50. The van der Waals surface area contributed by atoms with Gasteiger partial charge in [-0.15, -0.1) is 0 Å². The quantitative estimate of drug-likeness (QED) is 0.274. The first-order chi connectivity index (χ1) is 19.0. The maximum Gasteiger partial charge on any atom is 0.243 e. The van der Waals surface area contributed by atoms with E-state index < -0.39 is 16.1 Å². The van der Waals surface area contributed by atoms with Gasteiger partial charge in [0, 0.05) is 42.5 Å². The van der Waals surface area contributed by atoms with E-state index in [4.69, 9.17) is 23.2 Å². The molecule has 1 atom stereocenters. The number of hydrogen-bond acceptors (Lipinski definition) is 4. The molecule has 0 radical (unpaired) electrons. The Balaban J connectivity index is 1.89. The third kappa shape index (κ3) is 8.71. The Hall–Kier alpha value is -3.07. The van der Waals surface area contributed by atoms with Crippen LogP contribution in [-0.2, 0) is 32.6 Å². The molecule has 0 aromatic heterocycles. The van der Waals surface area contributed by atoms with Crippen LogP contribution in [-0.4, -0.2) is 50.5 Å². The molecule has 3 aromatic rings. The van der Waals surface area contributed by atoms with E-state index >= 15 is 0 Å². The van der Waals surface area contributed by atoms with Crippen LogP contribution in [0.15, 0.2) is 72.8 Å². The van der Waals surface area contributed by atoms with Crippen molar-refractivity contribution in [3.63, 3.8) is 0 Å². The van der Waals surface area contributed by atoms with Crippen LogP contribution in [0.1, 0.15) is 36.5 Å². The summed E-state index contributed by atoms with van der Waals surface area (Å²) in [6, 6.07) is 21.0. The number of hydrogen-bond donors (Lipinski definition) is 1. The fourth-order valence-electron chi connectivity index (χ4n) is 4.49. The standard InChI is InChI=1S/C30H35Cl2N3O4S/c1-4-33-30(37)28(19-23-11-6-5-7-12-23)34(21-24-13-8-9-14-26(24)32)29(36)15-10-18-35(40(3,38)39)27-20-25(31)17-16-22(27)2/h5-9,11-14,16-17,20,28H,4,10,15,18-19,21H2,1-3H3,(H,33,37)/t28-/m1/s1. The zero-order valence-electron chi connectivity index (χ0n) is 22.9. The summed E-state index contributed by atoms with van der Waals surface area (Å²) < 4.78 is 26.6. The highest BCUT2D eigenvalue weighted by Crippen LogP contribution is 2.27. The van der Waals surface area contributed by atoms with E-state index in [1.165, 1.54) is 4.31 Å². The summed E-state index contributed by atoms with van der Waals surface area (Å²) in [4.78, 5) is 28.7. The normalized spacial score (nSPS) is 12.0. The summed E-state index contributed by atoms with van der Waals surface area (Å²) in [5.74, 6) is -0.539. The van der Waals surface area contributed by atoms with E-state index in [0.29, 0.717) is 34.3 Å². The van der Waals surface area contributed by atoms with Gasteiger partial charge in [-0.3, -0.25) is 13.9 Å². The Morgan fingerprint density at radius 2 is 1.65 bits per heavy atom. The highest BCUT2D eigenvalue weighted by molar-refractivity contribution is 7.92. The first-order valence-electron chi connectivity index (χ1n) is 13.1. The van der Waals surface area contributed by atoms with Gasteiger partial charge in [-0.05, 0) is 55.2 Å². The number of nitrogens with zero attached hydrogens (tertiary/aromatic N) is 2. The van der Waals surface area contributed by atoms with E-state index in [0.717, 1.165) is 17.4 Å². The zero-order valence-corrected chi connectivity index (χ0v) is 25.3. The molecule has 0 aliphatic carbocycles. The number of rotatable bonds is 13. The lowest BCUT2D eigenvalue weighted by Gasteiger charge is -2.32. The molecule has 0 heterocycles. The first-order valence-corrected chi connectivity index (χ1v) is 15.7. The molecule has 1 N–H and O–H groups in total. The molecule has 0 unspecified atom stereocenters. The third-order valence-corrected chi connectivity index (χ3v) is 8.30. The van der Waals surface area contributed by atoms with Crippen molar-refractivity contribution in [2.24, 2.45) is 0 Å². The second-order valence-corrected chi connectivity index (χ2v) is 12.3. The lowest BCUT2D eigenvalue weighted by atomic mass is 10.0. The molecule has 0 saturated heterocycles. The van der Waals surface area contributed by atoms with E-state index in [9.17, 15) is 18.0 Å². The summed E-state index contributed by atoms with van der Waals surface area (Å²) in [6.45, 7) is 4.27. The average Bonchev–Trinajstić information content (AvgIpc) is 2.91. The number of likely N-dealkylation sites (N-methyl/N-ethyl adjacent to an activating group) is 1. The zero-order chi connectivity index (χ0) is 29.3. The van der Waals surface area contributed by atoms with Crippen LogP contribution in [0, 0.1) is 6.92 Å². The molecule has 0 aliphatic heterocycles. The summed E-state index contributed by atoms with van der Waals surface area (Å²) in [7, 11) is -3.64. The van der Waals surface area contributed by atoms with Gasteiger partial charge in [0.05, 0.1) is 11.9 Å². The van der Waals surface area contributed by atoms with Crippen LogP contribution in [0.3, 0.4) is 0 Å². The Labute approximate surface area is 247 Å². The second kappa shape index (κ2) is 14.5. The number of nitrogens with one attached hydrogen (secondary N) is 1. The number of benzene rings is 3. The topological polar surface area (TPSA) is 86.8 Å². The molecule has 10 heteroatoms. The number of anilines is 1. The van der Waals surface area contributed by atoms with Crippen molar-refractivity contribution in [3.05, 3.63) is 99.5 Å². The van der Waals surface area contributed by atoms with Gasteiger partial charge < -0.3 is 10.2 Å². The molecule has 0 saturated carbocycles. The van der Waals surface area contributed by atoms with E-state index in [2.05, 4.69) is 5.32 Å². The van der Waals surface area contributed by atoms with Gasteiger partial charge in [0.25, 0.3) is 0 Å². The molecule has 7 nitrogen and oxygen atoms in total. The maximum absolute atomic E-state index is 13.8. The van der Waals surface area contributed by atoms with Crippen molar-refractivity contribution in [3.8, 4) is 0 Å². The number of amides is 2. The van der Waals surface area contributed by atoms with Crippen LogP contribution in [0.4, 0.5) is 5.69 Å². The lowest BCUT2D eigenvalue weighted by molar-refractivity contribution is -0.141. The highest BCUT2D eigenvalue weighted by Gasteiger charge is 2.30. The molecule has 0 bridgehead atoms. The Bertz CT molecular complexity index is 1420. The molecule has 3 rings (SSSR count). The summed E-state index contributed by atoms with van der Waals surface area (Å²) in [5.41, 5.74) is 2.85. The van der Waals surface area contributed by atoms with E-state index in [-0.39, 0.29) is 37.7 Å². The van der Waals surface area contributed by atoms with Gasteiger partial charge in [0.2, 0.25) is 21.8 Å². The van der Waals surface area contributed by atoms with Crippen LogP contribution in [0.2, 0.25) is 10.0 Å². The van der Waals surface area contributed by atoms with Gasteiger partial charge in [-0.25, -0.2) is 8.42 Å². The molecule has 2 amide bonds. The Kier molecular flexibility index (Phi) is 11.4. The fourth-order valence-corrected chi connectivity index (χ4v) is 5.87. The first kappa shape index (κ1) is 31.5. The Morgan fingerprint density at radius 1 is 0.975 bits per heavy atom. The van der Waals surface area contributed by atoms with Crippen molar-refractivity contribution in [2.45, 2.75) is 45.7 Å². The van der Waals surface area contributed by atoms with Crippen molar-refractivity contribution < 1.29 is 18.0 Å². The van der Waals surface area contributed by atoms with Crippen LogP contribution in [0.25, 0.3) is 0 Å². The maximum atomic E-state index is 13.8. The van der Waals surface area contributed by atoms with Crippen molar-refractivity contribution >= 4 is 50.7 Å². The van der Waals surface area contributed by atoms with E-state index in [1.54, 1.807) is 42.2 Å². The van der Waals surface area contributed by atoms with Crippen LogP contribution < -0.4 is 9.62 Å². The fraction of sp³-hybridized carbons (Fsp3) is 0.333. The van der Waals surface area contributed by atoms with E-state index in [1.807, 2.05) is 49.4 Å². The average molecular weight is 605 g/mol. The molecule has 0 fully saturated rings. The number of carbonyl (C=O) groups excluding carboxylic acids is 2. The minimum Gasteiger partial charge on any atom is -0.355 e. The van der Waals surface area contributed by atoms with Gasteiger partial charge in [-0.1, -0.05) is 77.8 Å². The number of aryl methyl sites for hydroxylation is 1. The summed E-state index contributed by atoms with van der Waals surface area (Å²) in [5, 5.41) is 3.78. The predicted octanol–water partition coefficient (Wildman–Crippen LogP) is 5.62. The monoisotopic (exact) mass is 603 g/mol. The second-order valence-electron chi connectivity index (χ2n) is 9.58. The van der Waals surface area contributed by atoms with Crippen LogP contribution in [0.5, 0.6) is 0 Å². The molecule has 214 valence electrons. The molecule has 3 aromatic carbocycles. The summed E-state index contributed by atoms with van der Waals surface area (Å²) in [6.07, 6.45) is 1.72. The molecule has 0 aliphatic rings. The van der Waals surface area contributed by atoms with Gasteiger partial charge in [0.15, 0.2) is 0 Å². The highest BCUT2D eigenvalue weighted by atomic mass is 35.5. The third-order valence-electron chi connectivity index (χ3n) is 6.51. The number of sulfonamides is 1. The molecular weight excluding hydrogens is 569 g/mol. The summed E-state index contributed by atoms with van der Waals surface area (Å²) >= 11 is 12.6. The Morgan fingerprint density at radius 3 is 2.30 bits per heavy atom. The van der Waals surface area contributed by atoms with Gasteiger partial charge in [0.1, 0.15) is 6.04 Å². The number of carbonyl (C=O) groups is 2. The van der Waals surface area contributed by atoms with Gasteiger partial charge in [-0.2, -0.15) is 0 Å².